The molecule has 0 unspecified atom stereocenters. The normalized spacial score (nSPS) is 11.2. The van der Waals surface area contributed by atoms with E-state index in [-0.39, 0.29) is 17.3 Å². The van der Waals surface area contributed by atoms with Crippen LogP contribution in [0.1, 0.15) is 6.92 Å². The van der Waals surface area contributed by atoms with Crippen molar-refractivity contribution >= 4 is 40.8 Å². The van der Waals surface area contributed by atoms with Crippen LogP contribution in [0.3, 0.4) is 0 Å². The van der Waals surface area contributed by atoms with Crippen molar-refractivity contribution in [3.05, 3.63) is 58.6 Å². The number of hydrogen-bond donors (Lipinski definition) is 0. The van der Waals surface area contributed by atoms with Crippen molar-refractivity contribution in [1.29, 1.82) is 5.26 Å². The van der Waals surface area contributed by atoms with Gasteiger partial charge in [0.2, 0.25) is 0 Å². The summed E-state index contributed by atoms with van der Waals surface area (Å²) >= 11 is 11.8. The summed E-state index contributed by atoms with van der Waals surface area (Å²) < 4.78 is 10.5. The maximum Gasteiger partial charge on any atom is 0.347 e. The van der Waals surface area contributed by atoms with Gasteiger partial charge in [-0.1, -0.05) is 41.4 Å². The Hall–Kier alpha value is -2.75. The van der Waals surface area contributed by atoms with Crippen LogP contribution in [-0.2, 0) is 14.3 Å². The molecule has 0 radical (unpaired) electrons. The number of ether oxygens (including phenoxy) is 2. The van der Waals surface area contributed by atoms with E-state index in [1.807, 2.05) is 6.07 Å². The van der Waals surface area contributed by atoms with E-state index in [0.29, 0.717) is 10.7 Å². The zero-order valence-electron chi connectivity index (χ0n) is 14.4. The van der Waals surface area contributed by atoms with Crippen LogP contribution in [0.4, 0.5) is 5.69 Å². The molecule has 0 N–H and O–H groups in total. The largest absolute Gasteiger partial charge is 0.477 e. The number of hydrogen-bond acceptors (Lipinski definition) is 5. The lowest BCUT2D eigenvalue weighted by atomic mass is 10.3. The predicted octanol–water partition coefficient (Wildman–Crippen LogP) is 3.86. The van der Waals surface area contributed by atoms with Gasteiger partial charge >= 0.3 is 5.97 Å². The van der Waals surface area contributed by atoms with Gasteiger partial charge in [-0.05, 0) is 37.3 Å². The fraction of sp³-hybridized carbons (Fsp3) is 0.211. The minimum atomic E-state index is -0.988. The summed E-state index contributed by atoms with van der Waals surface area (Å²) in [5.41, 5.74) is 0.539. The molecule has 0 fully saturated rings. The van der Waals surface area contributed by atoms with E-state index >= 15 is 0 Å². The molecule has 0 saturated heterocycles. The lowest BCUT2D eigenvalue weighted by molar-refractivity contribution is -0.154. The summed E-state index contributed by atoms with van der Waals surface area (Å²) in [6.07, 6.45) is -0.988. The average molecular weight is 407 g/mol. The molecular formula is C19H16Cl2N2O4. The first-order valence-electron chi connectivity index (χ1n) is 7.93. The van der Waals surface area contributed by atoms with E-state index in [9.17, 15) is 9.59 Å². The van der Waals surface area contributed by atoms with Crippen LogP contribution in [0.15, 0.2) is 48.5 Å². The second-order valence-electron chi connectivity index (χ2n) is 5.42. The predicted molar refractivity (Wildman–Crippen MR) is 102 cm³/mol. The number of anilines is 1. The highest BCUT2D eigenvalue weighted by Gasteiger charge is 2.22. The summed E-state index contributed by atoms with van der Waals surface area (Å²) in [5, 5.41) is 9.62. The van der Waals surface area contributed by atoms with Gasteiger partial charge in [0, 0.05) is 10.7 Å². The first kappa shape index (κ1) is 20.6. The standard InChI is InChI=1S/C19H16Cl2N2O4/c1-13(27-17-8-7-14(20)11-16(17)21)19(25)26-12-18(24)23(10-9-22)15-5-3-2-4-6-15/h2-8,11,13H,10,12H2,1H3/t13-/m0/s1. The Bertz CT molecular complexity index is 853. The lowest BCUT2D eigenvalue weighted by Crippen LogP contribution is -2.37. The first-order valence-corrected chi connectivity index (χ1v) is 8.68. The monoisotopic (exact) mass is 406 g/mol. The van der Waals surface area contributed by atoms with Crippen molar-refractivity contribution in [2.24, 2.45) is 0 Å². The highest BCUT2D eigenvalue weighted by Crippen LogP contribution is 2.28. The van der Waals surface area contributed by atoms with Crippen molar-refractivity contribution in [1.82, 2.24) is 0 Å². The van der Waals surface area contributed by atoms with Crippen molar-refractivity contribution in [2.75, 3.05) is 18.1 Å². The molecule has 0 saturated carbocycles. The molecule has 0 aromatic heterocycles. The number of para-hydroxylation sites is 1. The molecule has 27 heavy (non-hydrogen) atoms. The Morgan fingerprint density at radius 1 is 1.19 bits per heavy atom. The second kappa shape index (κ2) is 9.81. The smallest absolute Gasteiger partial charge is 0.347 e. The molecule has 6 nitrogen and oxygen atoms in total. The maximum atomic E-state index is 12.3. The quantitative estimate of drug-likeness (QED) is 0.515. The molecule has 0 aliphatic rings. The average Bonchev–Trinajstić information content (AvgIpc) is 2.66. The molecule has 0 bridgehead atoms. The number of amides is 1. The Morgan fingerprint density at radius 3 is 2.52 bits per heavy atom. The number of esters is 1. The van der Waals surface area contributed by atoms with Crippen molar-refractivity contribution in [3.63, 3.8) is 0 Å². The van der Waals surface area contributed by atoms with Crippen LogP contribution in [0.2, 0.25) is 10.0 Å². The third kappa shape index (κ3) is 5.88. The SMILES string of the molecule is C[C@H](Oc1ccc(Cl)cc1Cl)C(=O)OCC(=O)N(CC#N)c1ccccc1. The Morgan fingerprint density at radius 2 is 1.89 bits per heavy atom. The van der Waals surface area contributed by atoms with Gasteiger partial charge in [-0.15, -0.1) is 0 Å². The molecule has 0 aliphatic heterocycles. The number of nitrogens with zero attached hydrogens (tertiary/aromatic N) is 2. The van der Waals surface area contributed by atoms with E-state index in [2.05, 4.69) is 0 Å². The summed E-state index contributed by atoms with van der Waals surface area (Å²) in [7, 11) is 0. The summed E-state index contributed by atoms with van der Waals surface area (Å²) in [6.45, 7) is 0.798. The minimum Gasteiger partial charge on any atom is -0.477 e. The third-order valence-corrected chi connectivity index (χ3v) is 4.00. The number of rotatable bonds is 7. The summed E-state index contributed by atoms with van der Waals surface area (Å²) in [5.74, 6) is -0.987. The van der Waals surface area contributed by atoms with Crippen molar-refractivity contribution in [2.45, 2.75) is 13.0 Å². The van der Waals surface area contributed by atoms with Crippen LogP contribution in [0.5, 0.6) is 5.75 Å². The van der Waals surface area contributed by atoms with Crippen LogP contribution in [0, 0.1) is 11.3 Å². The fourth-order valence-electron chi connectivity index (χ4n) is 2.14. The highest BCUT2D eigenvalue weighted by atomic mass is 35.5. The highest BCUT2D eigenvalue weighted by molar-refractivity contribution is 6.35. The van der Waals surface area contributed by atoms with Crippen molar-refractivity contribution < 1.29 is 19.1 Å². The molecular weight excluding hydrogens is 391 g/mol. The lowest BCUT2D eigenvalue weighted by Gasteiger charge is -2.20. The Labute approximate surface area is 166 Å². The topological polar surface area (TPSA) is 79.6 Å². The molecule has 1 atom stereocenters. The van der Waals surface area contributed by atoms with E-state index in [0.717, 1.165) is 0 Å². The van der Waals surface area contributed by atoms with Gasteiger partial charge in [0.05, 0.1) is 11.1 Å². The number of carbonyl (C=O) groups is 2. The number of benzene rings is 2. The van der Waals surface area contributed by atoms with Crippen LogP contribution < -0.4 is 9.64 Å². The molecule has 0 spiro atoms. The summed E-state index contributed by atoms with van der Waals surface area (Å²) in [4.78, 5) is 25.7. The van der Waals surface area contributed by atoms with Gasteiger partial charge in [0.15, 0.2) is 12.7 Å². The fourth-order valence-corrected chi connectivity index (χ4v) is 2.59. The van der Waals surface area contributed by atoms with Gasteiger partial charge in [0.25, 0.3) is 5.91 Å². The summed E-state index contributed by atoms with van der Waals surface area (Å²) in [6, 6.07) is 15.2. The molecule has 8 heteroatoms. The molecule has 0 aliphatic carbocycles. The molecule has 0 heterocycles. The van der Waals surface area contributed by atoms with E-state index < -0.39 is 24.6 Å². The molecule has 1 amide bonds. The van der Waals surface area contributed by atoms with Gasteiger partial charge in [-0.2, -0.15) is 5.26 Å². The van der Waals surface area contributed by atoms with Gasteiger partial charge in [0.1, 0.15) is 12.3 Å². The zero-order chi connectivity index (χ0) is 19.8. The maximum absolute atomic E-state index is 12.3. The number of halogens is 2. The minimum absolute atomic E-state index is 0.160. The molecule has 2 aromatic rings. The molecule has 140 valence electrons. The second-order valence-corrected chi connectivity index (χ2v) is 6.26. The van der Waals surface area contributed by atoms with Gasteiger partial charge in [-0.3, -0.25) is 9.69 Å². The third-order valence-electron chi connectivity index (χ3n) is 3.47. The Balaban J connectivity index is 1.94. The van der Waals surface area contributed by atoms with Crippen LogP contribution >= 0.6 is 23.2 Å². The first-order chi connectivity index (χ1) is 12.9. The Kier molecular flexibility index (Phi) is 7.47. The van der Waals surface area contributed by atoms with Crippen molar-refractivity contribution in [3.8, 4) is 11.8 Å². The van der Waals surface area contributed by atoms with E-state index in [1.165, 1.54) is 24.0 Å². The molecule has 2 rings (SSSR count). The molecule has 2 aromatic carbocycles. The van der Waals surface area contributed by atoms with Crippen LogP contribution in [-0.4, -0.2) is 31.1 Å². The number of nitriles is 1. The van der Waals surface area contributed by atoms with Gasteiger partial charge < -0.3 is 9.47 Å². The van der Waals surface area contributed by atoms with E-state index in [4.69, 9.17) is 37.9 Å². The van der Waals surface area contributed by atoms with Crippen LogP contribution in [0.25, 0.3) is 0 Å². The van der Waals surface area contributed by atoms with Gasteiger partial charge in [-0.25, -0.2) is 4.79 Å². The number of carbonyl (C=O) groups excluding carboxylic acids is 2. The van der Waals surface area contributed by atoms with E-state index in [1.54, 1.807) is 36.4 Å². The zero-order valence-corrected chi connectivity index (χ0v) is 15.9.